The quantitative estimate of drug-likeness (QED) is 0.168. The predicted molar refractivity (Wildman–Crippen MR) is 217 cm³/mol. The number of pyridine rings is 1. The van der Waals surface area contributed by atoms with E-state index in [2.05, 4.69) is 15.6 Å². The number of piperazine rings is 1. The van der Waals surface area contributed by atoms with E-state index in [-0.39, 0.29) is 61.7 Å². The Hall–Kier alpha value is -4.11. The van der Waals surface area contributed by atoms with Crippen LogP contribution >= 0.6 is 12.4 Å². The van der Waals surface area contributed by atoms with Gasteiger partial charge in [-0.1, -0.05) is 54.6 Å². The third-order valence-corrected chi connectivity index (χ3v) is 12.1. The number of amides is 2. The van der Waals surface area contributed by atoms with Gasteiger partial charge in [-0.15, -0.1) is 12.4 Å². The molecule has 296 valence electrons. The summed E-state index contributed by atoms with van der Waals surface area (Å²) in [6.45, 7) is 5.83. The zero-order valence-electron chi connectivity index (χ0n) is 32.1. The van der Waals surface area contributed by atoms with E-state index in [1.165, 1.54) is 4.31 Å². The van der Waals surface area contributed by atoms with Gasteiger partial charge in [0.15, 0.2) is 0 Å². The molecule has 12 nitrogen and oxygen atoms in total. The number of fused-ring (bicyclic) bond motifs is 2. The Morgan fingerprint density at radius 2 is 1.69 bits per heavy atom. The molecule has 4 N–H and O–H groups in total. The van der Waals surface area contributed by atoms with Crippen molar-refractivity contribution >= 4 is 51.0 Å². The maximum atomic E-state index is 14.1. The van der Waals surface area contributed by atoms with Gasteiger partial charge in [0.05, 0.1) is 28.7 Å². The molecule has 1 aromatic heterocycles. The van der Waals surface area contributed by atoms with Gasteiger partial charge in [-0.25, -0.2) is 13.4 Å². The van der Waals surface area contributed by atoms with Crippen LogP contribution in [0.2, 0.25) is 0 Å². The minimum Gasteiger partial charge on any atom is -0.392 e. The highest BCUT2D eigenvalue weighted by atomic mass is 35.5. The zero-order valence-corrected chi connectivity index (χ0v) is 33.7. The number of anilines is 1. The number of carbonyl (C=O) groups is 2. The number of aliphatic hydroxyl groups is 2. The van der Waals surface area contributed by atoms with E-state index in [0.29, 0.717) is 23.7 Å². The van der Waals surface area contributed by atoms with Crippen molar-refractivity contribution in [2.45, 2.75) is 74.8 Å². The Balaban J connectivity index is 0.00000580. The molecule has 0 bridgehead atoms. The van der Waals surface area contributed by atoms with E-state index in [0.717, 1.165) is 22.5 Å². The second-order valence-corrected chi connectivity index (χ2v) is 17.7. The normalized spacial score (nSPS) is 20.2. The molecule has 4 aromatic rings. The van der Waals surface area contributed by atoms with Crippen molar-refractivity contribution < 1.29 is 28.2 Å². The minimum atomic E-state index is -3.99. The Kier molecular flexibility index (Phi) is 13.3. The van der Waals surface area contributed by atoms with E-state index >= 15 is 0 Å². The third kappa shape index (κ3) is 10.0. The SMILES string of the molecule is CN(C)c1ccc2cc(S(=O)(=O)N3CCN(C[C@@H](O)C[C@@H](Cc4ccccc4)C(=O)N[C@H]4c5ccccc5C[C@H]4O)[C@H](C(=O)NC(C)(C)C)C3)ccc2n1.Cl. The summed E-state index contributed by atoms with van der Waals surface area (Å²) in [5, 5.41) is 29.2. The largest absolute Gasteiger partial charge is 0.392 e. The number of rotatable bonds is 12. The Morgan fingerprint density at radius 1 is 0.982 bits per heavy atom. The molecule has 2 amide bonds. The van der Waals surface area contributed by atoms with Crippen molar-refractivity contribution in [3.8, 4) is 0 Å². The molecule has 1 fully saturated rings. The van der Waals surface area contributed by atoms with Crippen LogP contribution in [0, 0.1) is 5.92 Å². The topological polar surface area (TPSA) is 155 Å². The van der Waals surface area contributed by atoms with Crippen LogP contribution in [0.3, 0.4) is 0 Å². The van der Waals surface area contributed by atoms with E-state index in [9.17, 15) is 28.2 Å². The molecule has 0 radical (unpaired) electrons. The number of halogens is 1. The maximum absolute atomic E-state index is 14.1. The molecule has 5 atom stereocenters. The maximum Gasteiger partial charge on any atom is 0.243 e. The van der Waals surface area contributed by atoms with Crippen LogP contribution < -0.4 is 15.5 Å². The Morgan fingerprint density at radius 3 is 2.40 bits per heavy atom. The van der Waals surface area contributed by atoms with Crippen LogP contribution in [0.5, 0.6) is 0 Å². The monoisotopic (exact) mass is 792 g/mol. The standard InChI is InChI=1S/C41H52N6O6S.ClH/c1-41(2,3)44-40(51)35-26-47(54(52,53)32-16-17-34-29(23-32)15-18-37(42-34)45(4)5)20-19-46(35)25-31(48)22-30(21-27-11-7-6-8-12-27)39(50)43-38-33-14-10-9-13-28(33)24-36(38)49;/h6-18,23,30-31,35-36,38,48-49H,19-22,24-26H2,1-5H3,(H,43,50)(H,44,51);1H/t30-,31+,35+,36-,38+;/m1./s1. The number of hydrogen-bond donors (Lipinski definition) is 4. The van der Waals surface area contributed by atoms with E-state index in [1.807, 2.05) is 111 Å². The highest BCUT2D eigenvalue weighted by molar-refractivity contribution is 7.89. The average molecular weight is 793 g/mol. The van der Waals surface area contributed by atoms with E-state index < -0.39 is 45.8 Å². The van der Waals surface area contributed by atoms with Gasteiger partial charge in [0, 0.05) is 63.5 Å². The molecule has 0 spiro atoms. The molecule has 6 rings (SSSR count). The van der Waals surface area contributed by atoms with Gasteiger partial charge in [0.25, 0.3) is 0 Å². The van der Waals surface area contributed by atoms with Crippen LogP contribution in [-0.2, 0) is 32.5 Å². The fourth-order valence-electron chi connectivity index (χ4n) is 7.46. The second-order valence-electron chi connectivity index (χ2n) is 15.8. The summed E-state index contributed by atoms with van der Waals surface area (Å²) >= 11 is 0. The molecule has 3 aromatic carbocycles. The summed E-state index contributed by atoms with van der Waals surface area (Å²) in [6.07, 6.45) is -0.865. The van der Waals surface area contributed by atoms with Gasteiger partial charge in [0.1, 0.15) is 11.9 Å². The first kappa shape index (κ1) is 42.0. The molecule has 1 aliphatic carbocycles. The van der Waals surface area contributed by atoms with Crippen molar-refractivity contribution in [3.63, 3.8) is 0 Å². The summed E-state index contributed by atoms with van der Waals surface area (Å²) in [5.74, 6) is -0.502. The lowest BCUT2D eigenvalue weighted by Gasteiger charge is -2.41. The smallest absolute Gasteiger partial charge is 0.243 e. The highest BCUT2D eigenvalue weighted by Gasteiger charge is 2.40. The second kappa shape index (κ2) is 17.4. The predicted octanol–water partition coefficient (Wildman–Crippen LogP) is 3.70. The fraction of sp³-hybridized carbons (Fsp3) is 0.439. The molecule has 0 saturated carbocycles. The summed E-state index contributed by atoms with van der Waals surface area (Å²) in [6, 6.07) is 24.3. The molecule has 2 heterocycles. The number of carbonyl (C=O) groups excluding carboxylic acids is 2. The van der Waals surface area contributed by atoms with Crippen molar-refractivity contribution in [1.29, 1.82) is 0 Å². The Labute approximate surface area is 330 Å². The molecular weight excluding hydrogens is 740 g/mol. The van der Waals surface area contributed by atoms with Crippen LogP contribution in [-0.4, -0.2) is 109 Å². The Bertz CT molecular complexity index is 2080. The first-order chi connectivity index (χ1) is 25.6. The number of benzene rings is 3. The first-order valence-corrected chi connectivity index (χ1v) is 20.0. The van der Waals surface area contributed by atoms with Crippen molar-refractivity contribution in [3.05, 3.63) is 102 Å². The number of nitrogens with one attached hydrogen (secondary N) is 2. The minimum absolute atomic E-state index is 0. The van der Waals surface area contributed by atoms with Crippen molar-refractivity contribution in [2.75, 3.05) is 45.2 Å². The number of nitrogens with zero attached hydrogens (tertiary/aromatic N) is 4. The van der Waals surface area contributed by atoms with Crippen molar-refractivity contribution in [1.82, 2.24) is 24.8 Å². The molecule has 1 aliphatic heterocycles. The lowest BCUT2D eigenvalue weighted by atomic mass is 9.91. The lowest BCUT2D eigenvalue weighted by molar-refractivity contribution is -0.131. The van der Waals surface area contributed by atoms with Gasteiger partial charge in [-0.3, -0.25) is 14.5 Å². The van der Waals surface area contributed by atoms with Crippen LogP contribution in [0.1, 0.15) is 49.9 Å². The molecule has 2 aliphatic rings. The average Bonchev–Trinajstić information content (AvgIpc) is 3.44. The first-order valence-electron chi connectivity index (χ1n) is 18.5. The molecule has 1 saturated heterocycles. The van der Waals surface area contributed by atoms with Gasteiger partial charge in [0.2, 0.25) is 21.8 Å². The summed E-state index contributed by atoms with van der Waals surface area (Å²) in [4.78, 5) is 36.2. The van der Waals surface area contributed by atoms with Crippen LogP contribution in [0.25, 0.3) is 10.9 Å². The number of aromatic nitrogens is 1. The van der Waals surface area contributed by atoms with Gasteiger partial charge < -0.3 is 25.7 Å². The highest BCUT2D eigenvalue weighted by Crippen LogP contribution is 2.32. The number of hydrogen-bond acceptors (Lipinski definition) is 9. The summed E-state index contributed by atoms with van der Waals surface area (Å²) < 4.78 is 29.5. The van der Waals surface area contributed by atoms with Crippen LogP contribution in [0.15, 0.2) is 89.8 Å². The van der Waals surface area contributed by atoms with Crippen LogP contribution in [0.4, 0.5) is 5.82 Å². The number of aliphatic hydroxyl groups excluding tert-OH is 2. The number of sulfonamides is 1. The van der Waals surface area contributed by atoms with E-state index in [4.69, 9.17) is 0 Å². The third-order valence-electron chi connectivity index (χ3n) is 10.2. The summed E-state index contributed by atoms with van der Waals surface area (Å²) in [5.41, 5.74) is 2.90. The number of β-amino-alcohol motifs (C(OH)–C–C–N with tert-alkyl or cyclic N) is 1. The molecular formula is C41H53ClN6O6S. The lowest BCUT2D eigenvalue weighted by Crippen LogP contribution is -2.62. The molecule has 0 unspecified atom stereocenters. The van der Waals surface area contributed by atoms with Gasteiger partial charge in [-0.2, -0.15) is 4.31 Å². The fourth-order valence-corrected chi connectivity index (χ4v) is 8.93. The molecule has 14 heteroatoms. The van der Waals surface area contributed by atoms with E-state index in [1.54, 1.807) is 18.2 Å². The van der Waals surface area contributed by atoms with Gasteiger partial charge >= 0.3 is 0 Å². The van der Waals surface area contributed by atoms with Crippen molar-refractivity contribution in [2.24, 2.45) is 5.92 Å². The zero-order chi connectivity index (χ0) is 38.8. The summed E-state index contributed by atoms with van der Waals surface area (Å²) in [7, 11) is -0.213. The molecule has 55 heavy (non-hydrogen) atoms. The van der Waals surface area contributed by atoms with Gasteiger partial charge in [-0.05, 0) is 80.6 Å².